The summed E-state index contributed by atoms with van der Waals surface area (Å²) in [5.41, 5.74) is 0.912. The number of fused-ring (bicyclic) bond motifs is 1. The molecule has 0 saturated carbocycles. The highest BCUT2D eigenvalue weighted by Gasteiger charge is 2.28. The van der Waals surface area contributed by atoms with Crippen LogP contribution in [0.5, 0.6) is 0 Å². The van der Waals surface area contributed by atoms with Crippen LogP contribution >= 0.6 is 0 Å². The van der Waals surface area contributed by atoms with Crippen molar-refractivity contribution in [2.45, 2.75) is 6.42 Å². The number of aromatic amines is 1. The van der Waals surface area contributed by atoms with Gasteiger partial charge in [0.1, 0.15) is 17.8 Å². The molecule has 1 fully saturated rings. The molecule has 0 aliphatic carbocycles. The van der Waals surface area contributed by atoms with Gasteiger partial charge >= 0.3 is 0 Å². The van der Waals surface area contributed by atoms with Gasteiger partial charge in [-0.25, -0.2) is 9.97 Å². The standard InChI is InChI=1S/C12H16N4O/c1-17-5-3-9-6-16(7-9)12-10-2-4-13-11(10)14-8-15-12/h2,4,8-9H,3,5-7H2,1H3,(H,13,14,15). The fraction of sp³-hybridized carbons (Fsp3) is 0.500. The van der Waals surface area contributed by atoms with E-state index in [0.29, 0.717) is 0 Å². The maximum absolute atomic E-state index is 5.10. The number of rotatable bonds is 4. The second-order valence-corrected chi connectivity index (χ2v) is 4.49. The minimum Gasteiger partial charge on any atom is -0.385 e. The van der Waals surface area contributed by atoms with Gasteiger partial charge in [0.2, 0.25) is 0 Å². The van der Waals surface area contributed by atoms with Crippen LogP contribution in [0.3, 0.4) is 0 Å². The van der Waals surface area contributed by atoms with Crippen molar-refractivity contribution in [1.29, 1.82) is 0 Å². The van der Waals surface area contributed by atoms with Gasteiger partial charge in [-0.15, -0.1) is 0 Å². The van der Waals surface area contributed by atoms with Crippen LogP contribution in [0.15, 0.2) is 18.6 Å². The largest absolute Gasteiger partial charge is 0.385 e. The number of H-pyrrole nitrogens is 1. The summed E-state index contributed by atoms with van der Waals surface area (Å²) in [6.07, 6.45) is 4.66. The lowest BCUT2D eigenvalue weighted by Gasteiger charge is -2.40. The molecular weight excluding hydrogens is 216 g/mol. The summed E-state index contributed by atoms with van der Waals surface area (Å²) in [5, 5.41) is 1.11. The molecule has 0 bridgehead atoms. The summed E-state index contributed by atoms with van der Waals surface area (Å²) in [4.78, 5) is 14.0. The first kappa shape index (κ1) is 10.5. The summed E-state index contributed by atoms with van der Waals surface area (Å²) >= 11 is 0. The van der Waals surface area contributed by atoms with Crippen LogP contribution in [-0.4, -0.2) is 41.8 Å². The van der Waals surface area contributed by atoms with Crippen LogP contribution < -0.4 is 4.90 Å². The number of ether oxygens (including phenoxy) is 1. The fourth-order valence-electron chi connectivity index (χ4n) is 2.32. The molecule has 3 rings (SSSR count). The normalized spacial score (nSPS) is 16.4. The molecule has 0 atom stereocenters. The SMILES string of the molecule is COCCC1CN(c2ncnc3[nH]ccc23)C1. The predicted octanol–water partition coefficient (Wildman–Crippen LogP) is 1.43. The summed E-state index contributed by atoms with van der Waals surface area (Å²) in [6.45, 7) is 2.99. The Balaban J connectivity index is 1.72. The Bertz CT molecular complexity index is 504. The molecule has 2 aromatic rings. The first-order valence-corrected chi connectivity index (χ1v) is 5.90. The highest BCUT2D eigenvalue weighted by molar-refractivity contribution is 5.87. The monoisotopic (exact) mass is 232 g/mol. The molecule has 1 saturated heterocycles. The van der Waals surface area contributed by atoms with Gasteiger partial charge in [-0.3, -0.25) is 0 Å². The predicted molar refractivity (Wildman–Crippen MR) is 66.1 cm³/mol. The van der Waals surface area contributed by atoms with Crippen molar-refractivity contribution in [2.75, 3.05) is 31.7 Å². The molecule has 1 N–H and O–H groups in total. The fourth-order valence-corrected chi connectivity index (χ4v) is 2.32. The second-order valence-electron chi connectivity index (χ2n) is 4.49. The van der Waals surface area contributed by atoms with Crippen molar-refractivity contribution < 1.29 is 4.74 Å². The van der Waals surface area contributed by atoms with Crippen molar-refractivity contribution in [1.82, 2.24) is 15.0 Å². The van der Waals surface area contributed by atoms with Crippen molar-refractivity contribution in [3.8, 4) is 0 Å². The Morgan fingerprint density at radius 3 is 3.18 bits per heavy atom. The molecule has 5 nitrogen and oxygen atoms in total. The number of aromatic nitrogens is 3. The smallest absolute Gasteiger partial charge is 0.142 e. The molecule has 0 aromatic carbocycles. The maximum atomic E-state index is 5.10. The van der Waals surface area contributed by atoms with Gasteiger partial charge < -0.3 is 14.6 Å². The molecule has 3 heterocycles. The molecular formula is C12H16N4O. The zero-order chi connectivity index (χ0) is 11.7. The summed E-state index contributed by atoms with van der Waals surface area (Å²) in [6, 6.07) is 2.03. The van der Waals surface area contributed by atoms with Gasteiger partial charge in [-0.05, 0) is 18.4 Å². The lowest BCUT2D eigenvalue weighted by molar-refractivity contribution is 0.169. The molecule has 0 spiro atoms. The van der Waals surface area contributed by atoms with E-state index in [1.54, 1.807) is 13.4 Å². The van der Waals surface area contributed by atoms with Gasteiger partial charge in [0, 0.05) is 33.0 Å². The molecule has 17 heavy (non-hydrogen) atoms. The summed E-state index contributed by atoms with van der Waals surface area (Å²) in [7, 11) is 1.75. The Morgan fingerprint density at radius 2 is 2.35 bits per heavy atom. The zero-order valence-electron chi connectivity index (χ0n) is 9.89. The first-order chi connectivity index (χ1) is 8.38. The third kappa shape index (κ3) is 1.86. The number of nitrogens with one attached hydrogen (secondary N) is 1. The van der Waals surface area contributed by atoms with Gasteiger partial charge in [0.05, 0.1) is 5.39 Å². The van der Waals surface area contributed by atoms with E-state index in [9.17, 15) is 0 Å². The average molecular weight is 232 g/mol. The average Bonchev–Trinajstić information content (AvgIpc) is 2.75. The van der Waals surface area contributed by atoms with Crippen molar-refractivity contribution in [3.05, 3.63) is 18.6 Å². The van der Waals surface area contributed by atoms with Gasteiger partial charge in [0.15, 0.2) is 0 Å². The zero-order valence-corrected chi connectivity index (χ0v) is 9.89. The topological polar surface area (TPSA) is 54.0 Å². The lowest BCUT2D eigenvalue weighted by atomic mass is 9.96. The minimum atomic E-state index is 0.735. The Hall–Kier alpha value is -1.62. The van der Waals surface area contributed by atoms with E-state index in [1.807, 2.05) is 12.3 Å². The highest BCUT2D eigenvalue weighted by atomic mass is 16.5. The Labute approximate surface area is 99.8 Å². The summed E-state index contributed by atoms with van der Waals surface area (Å²) < 4.78 is 5.10. The highest BCUT2D eigenvalue weighted by Crippen LogP contribution is 2.29. The molecule has 2 aromatic heterocycles. The number of anilines is 1. The maximum Gasteiger partial charge on any atom is 0.142 e. The number of hydrogen-bond donors (Lipinski definition) is 1. The van der Waals surface area contributed by atoms with E-state index in [1.165, 1.54) is 0 Å². The minimum absolute atomic E-state index is 0.735. The van der Waals surface area contributed by atoms with Crippen LogP contribution in [-0.2, 0) is 4.74 Å². The van der Waals surface area contributed by atoms with E-state index in [-0.39, 0.29) is 0 Å². The van der Waals surface area contributed by atoms with Gasteiger partial charge in [0.25, 0.3) is 0 Å². The molecule has 0 unspecified atom stereocenters. The molecule has 5 heteroatoms. The van der Waals surface area contributed by atoms with Crippen molar-refractivity contribution >= 4 is 16.9 Å². The number of nitrogens with zero attached hydrogens (tertiary/aromatic N) is 3. The van der Waals surface area contributed by atoms with Crippen LogP contribution in [0.2, 0.25) is 0 Å². The van der Waals surface area contributed by atoms with Crippen LogP contribution in [0.4, 0.5) is 5.82 Å². The Morgan fingerprint density at radius 1 is 1.47 bits per heavy atom. The van der Waals surface area contributed by atoms with E-state index < -0.39 is 0 Å². The van der Waals surface area contributed by atoms with Gasteiger partial charge in [-0.1, -0.05) is 0 Å². The van der Waals surface area contributed by atoms with Crippen LogP contribution in [0, 0.1) is 5.92 Å². The second kappa shape index (κ2) is 4.33. The van der Waals surface area contributed by atoms with Crippen LogP contribution in [0.1, 0.15) is 6.42 Å². The number of hydrogen-bond acceptors (Lipinski definition) is 4. The van der Waals surface area contributed by atoms with E-state index in [0.717, 1.165) is 48.9 Å². The van der Waals surface area contributed by atoms with E-state index in [2.05, 4.69) is 19.9 Å². The summed E-state index contributed by atoms with van der Waals surface area (Å²) in [5.74, 6) is 1.78. The lowest BCUT2D eigenvalue weighted by Crippen LogP contribution is -2.47. The molecule has 0 radical (unpaired) electrons. The Kier molecular flexibility index (Phi) is 2.68. The molecule has 1 aliphatic rings. The quantitative estimate of drug-likeness (QED) is 0.866. The first-order valence-electron chi connectivity index (χ1n) is 5.90. The number of methoxy groups -OCH3 is 1. The van der Waals surface area contributed by atoms with E-state index >= 15 is 0 Å². The van der Waals surface area contributed by atoms with E-state index in [4.69, 9.17) is 4.74 Å². The van der Waals surface area contributed by atoms with Crippen LogP contribution in [0.25, 0.3) is 11.0 Å². The third-order valence-corrected chi connectivity index (χ3v) is 3.32. The molecule has 90 valence electrons. The molecule has 1 aliphatic heterocycles. The third-order valence-electron chi connectivity index (χ3n) is 3.32. The van der Waals surface area contributed by atoms with Crippen molar-refractivity contribution in [3.63, 3.8) is 0 Å². The molecule has 0 amide bonds. The van der Waals surface area contributed by atoms with Crippen molar-refractivity contribution in [2.24, 2.45) is 5.92 Å². The van der Waals surface area contributed by atoms with Gasteiger partial charge in [-0.2, -0.15) is 0 Å².